The number of piperazine rings is 1. The van der Waals surface area contributed by atoms with Crippen molar-refractivity contribution in [1.29, 1.82) is 0 Å². The van der Waals surface area contributed by atoms with Crippen molar-refractivity contribution in [1.82, 2.24) is 29.9 Å². The van der Waals surface area contributed by atoms with Crippen LogP contribution in [0.25, 0.3) is 5.69 Å². The number of ether oxygens (including phenoxy) is 1. The topological polar surface area (TPSA) is 92.6 Å². The fourth-order valence-corrected chi connectivity index (χ4v) is 4.13. The highest BCUT2D eigenvalue weighted by Crippen LogP contribution is 2.22. The second kappa shape index (κ2) is 10.1. The molecule has 0 spiro atoms. The van der Waals surface area contributed by atoms with Crippen LogP contribution >= 0.6 is 11.8 Å². The average Bonchev–Trinajstić information content (AvgIpc) is 3.20. The van der Waals surface area contributed by atoms with Gasteiger partial charge in [0.05, 0.1) is 25.1 Å². The summed E-state index contributed by atoms with van der Waals surface area (Å²) >= 11 is 1.36. The lowest BCUT2D eigenvalue weighted by atomic mass is 10.1. The maximum atomic E-state index is 12.7. The molecule has 0 radical (unpaired) electrons. The zero-order valence-corrected chi connectivity index (χ0v) is 19.3. The van der Waals surface area contributed by atoms with Crippen molar-refractivity contribution in [2.45, 2.75) is 31.5 Å². The molecular formula is C21H30N6O3S. The summed E-state index contributed by atoms with van der Waals surface area (Å²) in [5.74, 6) is 1.10. The Hall–Kier alpha value is -2.59. The number of methoxy groups -OCH3 is 1. The van der Waals surface area contributed by atoms with Crippen molar-refractivity contribution in [3.05, 3.63) is 30.6 Å². The molecule has 9 nitrogen and oxygen atoms in total. The molecule has 2 amide bonds. The van der Waals surface area contributed by atoms with Crippen LogP contribution in [0.4, 0.5) is 0 Å². The van der Waals surface area contributed by atoms with Crippen LogP contribution in [0.15, 0.2) is 35.7 Å². The van der Waals surface area contributed by atoms with E-state index in [1.807, 2.05) is 54.5 Å². The third-order valence-corrected chi connectivity index (χ3v) is 5.71. The Morgan fingerprint density at radius 3 is 2.61 bits per heavy atom. The number of hydrogen-bond acceptors (Lipinski definition) is 7. The molecule has 3 rings (SSSR count). The van der Waals surface area contributed by atoms with Crippen molar-refractivity contribution in [2.24, 2.45) is 0 Å². The fraction of sp³-hybridized carbons (Fsp3) is 0.524. The highest BCUT2D eigenvalue weighted by Gasteiger charge is 2.24. The molecule has 1 fully saturated rings. The first-order valence-corrected chi connectivity index (χ1v) is 11.2. The molecule has 1 aliphatic heterocycles. The van der Waals surface area contributed by atoms with E-state index in [9.17, 15) is 9.59 Å². The molecule has 1 aromatic heterocycles. The molecule has 1 saturated heterocycles. The molecule has 0 atom stereocenters. The molecule has 2 heterocycles. The number of thioether (sulfide) groups is 1. The predicted octanol–water partition coefficient (Wildman–Crippen LogP) is 1.43. The molecule has 0 saturated carbocycles. The number of amides is 2. The zero-order valence-electron chi connectivity index (χ0n) is 18.5. The van der Waals surface area contributed by atoms with Gasteiger partial charge in [-0.05, 0) is 32.9 Å². The van der Waals surface area contributed by atoms with Gasteiger partial charge in [-0.1, -0.05) is 17.8 Å². The number of nitrogens with zero attached hydrogens (tertiary/aromatic N) is 5. The standard InChI is InChI=1S/C21H30N6O3S/c1-21(2,3)23-18(28)13-25-8-10-26(11-9-25)19(29)14-31-20-24-22-15-27(20)16-6-5-7-17(12-16)30-4/h5-7,12,15H,8-11,13-14H2,1-4H3,(H,23,28). The van der Waals surface area contributed by atoms with Crippen molar-refractivity contribution in [2.75, 3.05) is 45.6 Å². The average molecular weight is 447 g/mol. The second-order valence-electron chi connectivity index (χ2n) is 8.43. The van der Waals surface area contributed by atoms with Crippen LogP contribution in [-0.4, -0.2) is 87.5 Å². The van der Waals surface area contributed by atoms with E-state index in [2.05, 4.69) is 20.4 Å². The quantitative estimate of drug-likeness (QED) is 0.643. The number of hydrogen-bond donors (Lipinski definition) is 1. The Balaban J connectivity index is 1.48. The molecule has 2 aromatic rings. The van der Waals surface area contributed by atoms with Crippen LogP contribution in [0.2, 0.25) is 0 Å². The monoisotopic (exact) mass is 446 g/mol. The summed E-state index contributed by atoms with van der Waals surface area (Å²) in [5.41, 5.74) is 0.638. The van der Waals surface area contributed by atoms with Gasteiger partial charge in [-0.2, -0.15) is 0 Å². The van der Waals surface area contributed by atoms with Crippen LogP contribution in [-0.2, 0) is 9.59 Å². The number of aromatic nitrogens is 3. The number of carbonyl (C=O) groups is 2. The van der Waals surface area contributed by atoms with Gasteiger partial charge in [0.1, 0.15) is 12.1 Å². The third kappa shape index (κ3) is 6.70. The lowest BCUT2D eigenvalue weighted by molar-refractivity contribution is -0.130. The largest absolute Gasteiger partial charge is 0.497 e. The van der Waals surface area contributed by atoms with Gasteiger partial charge in [-0.3, -0.25) is 19.1 Å². The van der Waals surface area contributed by atoms with E-state index < -0.39 is 0 Å². The van der Waals surface area contributed by atoms with E-state index in [-0.39, 0.29) is 23.1 Å². The SMILES string of the molecule is COc1cccc(-n2cnnc2SCC(=O)N2CCN(CC(=O)NC(C)(C)C)CC2)c1. The Morgan fingerprint density at radius 1 is 1.19 bits per heavy atom. The molecule has 10 heteroatoms. The first-order chi connectivity index (χ1) is 14.7. The van der Waals surface area contributed by atoms with E-state index in [0.717, 1.165) is 11.4 Å². The Bertz CT molecular complexity index is 903. The molecule has 0 bridgehead atoms. The lowest BCUT2D eigenvalue weighted by Gasteiger charge is -2.34. The van der Waals surface area contributed by atoms with E-state index in [0.29, 0.717) is 37.9 Å². The summed E-state index contributed by atoms with van der Waals surface area (Å²) in [4.78, 5) is 28.7. The highest BCUT2D eigenvalue weighted by molar-refractivity contribution is 7.99. The summed E-state index contributed by atoms with van der Waals surface area (Å²) in [5, 5.41) is 11.8. The summed E-state index contributed by atoms with van der Waals surface area (Å²) in [6, 6.07) is 7.60. The van der Waals surface area contributed by atoms with E-state index >= 15 is 0 Å². The molecular weight excluding hydrogens is 416 g/mol. The van der Waals surface area contributed by atoms with Gasteiger partial charge >= 0.3 is 0 Å². The summed E-state index contributed by atoms with van der Waals surface area (Å²) in [6.07, 6.45) is 1.63. The number of nitrogens with one attached hydrogen (secondary N) is 1. The summed E-state index contributed by atoms with van der Waals surface area (Å²) < 4.78 is 7.12. The van der Waals surface area contributed by atoms with E-state index in [1.165, 1.54) is 11.8 Å². The third-order valence-electron chi connectivity index (χ3n) is 4.78. The smallest absolute Gasteiger partial charge is 0.234 e. The van der Waals surface area contributed by atoms with Gasteiger partial charge in [0.2, 0.25) is 11.8 Å². The van der Waals surface area contributed by atoms with Gasteiger partial charge in [-0.15, -0.1) is 10.2 Å². The van der Waals surface area contributed by atoms with Crippen molar-refractivity contribution in [3.63, 3.8) is 0 Å². The van der Waals surface area contributed by atoms with Crippen molar-refractivity contribution < 1.29 is 14.3 Å². The van der Waals surface area contributed by atoms with Crippen LogP contribution in [0.1, 0.15) is 20.8 Å². The number of carbonyl (C=O) groups excluding carboxylic acids is 2. The van der Waals surface area contributed by atoms with Crippen LogP contribution in [0.5, 0.6) is 5.75 Å². The molecule has 168 valence electrons. The lowest BCUT2D eigenvalue weighted by Crippen LogP contribution is -2.53. The summed E-state index contributed by atoms with van der Waals surface area (Å²) in [7, 11) is 1.62. The minimum atomic E-state index is -0.239. The maximum Gasteiger partial charge on any atom is 0.234 e. The molecule has 0 aliphatic carbocycles. The van der Waals surface area contributed by atoms with E-state index in [1.54, 1.807) is 13.4 Å². The fourth-order valence-electron chi connectivity index (χ4n) is 3.29. The number of rotatable bonds is 7. The zero-order chi connectivity index (χ0) is 22.4. The van der Waals surface area contributed by atoms with Crippen LogP contribution in [0.3, 0.4) is 0 Å². The van der Waals surface area contributed by atoms with E-state index in [4.69, 9.17) is 4.74 Å². The Morgan fingerprint density at radius 2 is 1.94 bits per heavy atom. The molecule has 1 aliphatic rings. The van der Waals surface area contributed by atoms with Crippen molar-refractivity contribution in [3.8, 4) is 11.4 Å². The first kappa shape index (κ1) is 23.1. The van der Waals surface area contributed by atoms with Gasteiger partial charge in [0, 0.05) is 37.8 Å². The van der Waals surface area contributed by atoms with Crippen LogP contribution in [0, 0.1) is 0 Å². The van der Waals surface area contributed by atoms with Gasteiger partial charge in [0.25, 0.3) is 0 Å². The Kier molecular flexibility index (Phi) is 7.55. The maximum absolute atomic E-state index is 12.7. The second-order valence-corrected chi connectivity index (χ2v) is 9.37. The molecule has 1 N–H and O–H groups in total. The normalized spacial score (nSPS) is 15.0. The minimum absolute atomic E-state index is 0.0136. The minimum Gasteiger partial charge on any atom is -0.497 e. The molecule has 0 unspecified atom stereocenters. The first-order valence-electron chi connectivity index (χ1n) is 10.2. The van der Waals surface area contributed by atoms with Crippen molar-refractivity contribution >= 4 is 23.6 Å². The van der Waals surface area contributed by atoms with Crippen LogP contribution < -0.4 is 10.1 Å². The van der Waals surface area contributed by atoms with Gasteiger partial charge < -0.3 is 15.0 Å². The summed E-state index contributed by atoms with van der Waals surface area (Å²) in [6.45, 7) is 8.87. The van der Waals surface area contributed by atoms with Gasteiger partial charge in [0.15, 0.2) is 5.16 Å². The number of benzene rings is 1. The highest BCUT2D eigenvalue weighted by atomic mass is 32.2. The molecule has 1 aromatic carbocycles. The van der Waals surface area contributed by atoms with Gasteiger partial charge in [-0.25, -0.2) is 0 Å². The molecule has 31 heavy (non-hydrogen) atoms. The Labute approximate surface area is 187 Å². The predicted molar refractivity (Wildman–Crippen MR) is 120 cm³/mol.